The van der Waals surface area contributed by atoms with Gasteiger partial charge in [0, 0.05) is 24.2 Å². The molecule has 0 aromatic heterocycles. The zero-order valence-electron chi connectivity index (χ0n) is 15.9. The zero-order chi connectivity index (χ0) is 22.0. The summed E-state index contributed by atoms with van der Waals surface area (Å²) in [6.45, 7) is 6.90. The second-order valence-corrected chi connectivity index (χ2v) is 6.42. The molecule has 30 heavy (non-hydrogen) atoms. The second kappa shape index (κ2) is 8.04. The van der Waals surface area contributed by atoms with Gasteiger partial charge < -0.3 is 10.2 Å². The Morgan fingerprint density at radius 3 is 1.43 bits per heavy atom. The molecule has 3 rings (SSSR count). The van der Waals surface area contributed by atoms with E-state index in [9.17, 15) is 29.4 Å². The fourth-order valence-electron chi connectivity index (χ4n) is 3.47. The molecule has 2 amide bonds. The molecular weight excluding hydrogens is 388 g/mol. The first-order chi connectivity index (χ1) is 14.3. The number of carbonyl (C=O) groups is 4. The Hall–Kier alpha value is -4.20. The fourth-order valence-corrected chi connectivity index (χ4v) is 3.47. The summed E-state index contributed by atoms with van der Waals surface area (Å²) in [4.78, 5) is 51.9. The summed E-state index contributed by atoms with van der Waals surface area (Å²) in [6, 6.07) is 8.68. The van der Waals surface area contributed by atoms with Gasteiger partial charge in [-0.05, 0) is 12.1 Å². The minimum atomic E-state index is -1.30. The van der Waals surface area contributed by atoms with Gasteiger partial charge in [-0.3, -0.25) is 19.4 Å². The summed E-state index contributed by atoms with van der Waals surface area (Å²) in [7, 11) is 0. The number of ketones is 2. The Morgan fingerprint density at radius 2 is 1.13 bits per heavy atom. The molecule has 0 unspecified atom stereocenters. The van der Waals surface area contributed by atoms with E-state index in [1.165, 1.54) is 48.6 Å². The van der Waals surface area contributed by atoms with Crippen molar-refractivity contribution in [2.45, 2.75) is 0 Å². The number of carbonyl (C=O) groups excluding carboxylic acids is 2. The Kier molecular flexibility index (Phi) is 5.50. The Balaban J connectivity index is 2.26. The van der Waals surface area contributed by atoms with Crippen LogP contribution in [0.5, 0.6) is 0 Å². The molecular formula is C22H18N2O6. The number of fused-ring (bicyclic) bond motifs is 2. The highest BCUT2D eigenvalue weighted by molar-refractivity contribution is 6.32. The first kappa shape index (κ1) is 20.5. The van der Waals surface area contributed by atoms with E-state index >= 15 is 0 Å². The Bertz CT molecular complexity index is 1020. The number of hydrogen-bond acceptors (Lipinski definition) is 4. The average molecular weight is 406 g/mol. The lowest BCUT2D eigenvalue weighted by molar-refractivity contribution is 0.0979. The normalized spacial score (nSPS) is 11.9. The van der Waals surface area contributed by atoms with Crippen LogP contribution in [0, 0.1) is 0 Å². The molecule has 8 nitrogen and oxygen atoms in total. The standard InChI is InChI=1S/C22H18N2O6/c1-3-11-23(21(27)28)15-9-5-7-13-17(15)19(25)14-8-6-10-16(18(14)20(13)26)24(12-4-2)22(29)30/h3-10H,1-2,11-12H2,(H,27,28)(H,29,30). The summed E-state index contributed by atoms with van der Waals surface area (Å²) in [5.41, 5.74) is 0.0726. The van der Waals surface area contributed by atoms with E-state index in [1.807, 2.05) is 0 Å². The molecule has 2 aromatic carbocycles. The van der Waals surface area contributed by atoms with E-state index in [0.717, 1.165) is 9.80 Å². The van der Waals surface area contributed by atoms with Crippen molar-refractivity contribution in [3.8, 4) is 0 Å². The SMILES string of the molecule is C=CCN(C(=O)O)c1cccc2c1C(=O)c1cccc(N(CC=C)C(=O)O)c1C2=O. The van der Waals surface area contributed by atoms with E-state index in [4.69, 9.17) is 0 Å². The fraction of sp³-hybridized carbons (Fsp3) is 0.0909. The smallest absolute Gasteiger partial charge is 0.412 e. The first-order valence-corrected chi connectivity index (χ1v) is 8.91. The van der Waals surface area contributed by atoms with Gasteiger partial charge in [-0.15, -0.1) is 13.2 Å². The predicted molar refractivity (Wildman–Crippen MR) is 111 cm³/mol. The van der Waals surface area contributed by atoms with Crippen LogP contribution in [0.2, 0.25) is 0 Å². The predicted octanol–water partition coefficient (Wildman–Crippen LogP) is 3.80. The number of hydrogen-bond donors (Lipinski definition) is 2. The van der Waals surface area contributed by atoms with E-state index < -0.39 is 23.8 Å². The van der Waals surface area contributed by atoms with Gasteiger partial charge in [0.05, 0.1) is 22.5 Å². The largest absolute Gasteiger partial charge is 0.465 e. The van der Waals surface area contributed by atoms with Crippen molar-refractivity contribution >= 4 is 35.1 Å². The molecule has 0 heterocycles. The Labute approximate surface area is 172 Å². The highest BCUT2D eigenvalue weighted by Gasteiger charge is 2.36. The third-order valence-corrected chi connectivity index (χ3v) is 4.70. The molecule has 0 saturated carbocycles. The van der Waals surface area contributed by atoms with Crippen LogP contribution in [0.3, 0.4) is 0 Å². The average Bonchev–Trinajstić information content (AvgIpc) is 2.72. The molecule has 152 valence electrons. The number of benzene rings is 2. The molecule has 0 spiro atoms. The molecule has 0 bridgehead atoms. The minimum absolute atomic E-state index is 0.0108. The van der Waals surface area contributed by atoms with E-state index in [2.05, 4.69) is 13.2 Å². The number of anilines is 2. The van der Waals surface area contributed by atoms with Gasteiger partial charge in [0.2, 0.25) is 0 Å². The van der Waals surface area contributed by atoms with Crippen LogP contribution < -0.4 is 9.80 Å². The molecule has 0 atom stereocenters. The number of carboxylic acid groups (broad SMARTS) is 2. The van der Waals surface area contributed by atoms with Crippen molar-refractivity contribution in [3.63, 3.8) is 0 Å². The van der Waals surface area contributed by atoms with E-state index in [1.54, 1.807) is 0 Å². The van der Waals surface area contributed by atoms with Crippen molar-refractivity contribution < 1.29 is 29.4 Å². The molecule has 0 saturated heterocycles. The van der Waals surface area contributed by atoms with Crippen LogP contribution in [-0.2, 0) is 0 Å². The van der Waals surface area contributed by atoms with Crippen LogP contribution in [0.1, 0.15) is 31.8 Å². The van der Waals surface area contributed by atoms with Crippen LogP contribution in [0.25, 0.3) is 0 Å². The maximum atomic E-state index is 13.3. The molecule has 0 fully saturated rings. The van der Waals surface area contributed by atoms with Gasteiger partial charge >= 0.3 is 12.2 Å². The van der Waals surface area contributed by atoms with E-state index in [-0.39, 0.29) is 46.7 Å². The van der Waals surface area contributed by atoms with Gasteiger partial charge in [0.15, 0.2) is 11.6 Å². The third-order valence-electron chi connectivity index (χ3n) is 4.70. The molecule has 1 aliphatic carbocycles. The first-order valence-electron chi connectivity index (χ1n) is 8.91. The van der Waals surface area contributed by atoms with Crippen LogP contribution in [-0.4, -0.2) is 47.1 Å². The third kappa shape index (κ3) is 3.24. The van der Waals surface area contributed by atoms with Gasteiger partial charge in [-0.1, -0.05) is 36.4 Å². The monoisotopic (exact) mass is 406 g/mol. The topological polar surface area (TPSA) is 115 Å². The van der Waals surface area contributed by atoms with Crippen molar-refractivity contribution in [1.82, 2.24) is 0 Å². The quantitative estimate of drug-likeness (QED) is 0.602. The molecule has 0 radical (unpaired) electrons. The van der Waals surface area contributed by atoms with E-state index in [0.29, 0.717) is 0 Å². The highest BCUT2D eigenvalue weighted by Crippen LogP contribution is 2.37. The summed E-state index contributed by atoms with van der Waals surface area (Å²) in [5, 5.41) is 19.1. The van der Waals surface area contributed by atoms with Crippen molar-refractivity contribution in [2.75, 3.05) is 22.9 Å². The van der Waals surface area contributed by atoms with Crippen molar-refractivity contribution in [3.05, 3.63) is 84.0 Å². The maximum absolute atomic E-state index is 13.3. The zero-order valence-corrected chi connectivity index (χ0v) is 15.9. The van der Waals surface area contributed by atoms with Gasteiger partial charge in [0.1, 0.15) is 0 Å². The maximum Gasteiger partial charge on any atom is 0.412 e. The lowest BCUT2D eigenvalue weighted by Gasteiger charge is -2.28. The van der Waals surface area contributed by atoms with Crippen LogP contribution >= 0.6 is 0 Å². The summed E-state index contributed by atoms with van der Waals surface area (Å²) >= 11 is 0. The Morgan fingerprint density at radius 1 is 0.767 bits per heavy atom. The molecule has 2 aromatic rings. The lowest BCUT2D eigenvalue weighted by Crippen LogP contribution is -2.35. The minimum Gasteiger partial charge on any atom is -0.465 e. The van der Waals surface area contributed by atoms with Gasteiger partial charge in [-0.2, -0.15) is 0 Å². The van der Waals surface area contributed by atoms with Gasteiger partial charge in [-0.25, -0.2) is 9.59 Å². The summed E-state index contributed by atoms with van der Waals surface area (Å²) in [5.74, 6) is -1.12. The van der Waals surface area contributed by atoms with Gasteiger partial charge in [0.25, 0.3) is 0 Å². The van der Waals surface area contributed by atoms with Crippen molar-refractivity contribution in [2.24, 2.45) is 0 Å². The summed E-state index contributed by atoms with van der Waals surface area (Å²) < 4.78 is 0. The van der Waals surface area contributed by atoms with Crippen LogP contribution in [0.15, 0.2) is 61.7 Å². The highest BCUT2D eigenvalue weighted by atomic mass is 16.4. The second-order valence-electron chi connectivity index (χ2n) is 6.42. The van der Waals surface area contributed by atoms with Crippen LogP contribution in [0.4, 0.5) is 21.0 Å². The number of rotatable bonds is 6. The summed E-state index contributed by atoms with van der Waals surface area (Å²) in [6.07, 6.45) is 0.140. The number of amides is 2. The number of nitrogens with zero attached hydrogens (tertiary/aromatic N) is 2. The molecule has 1 aliphatic rings. The molecule has 2 N–H and O–H groups in total. The van der Waals surface area contributed by atoms with Crippen molar-refractivity contribution in [1.29, 1.82) is 0 Å². The lowest BCUT2D eigenvalue weighted by atomic mass is 9.82. The molecule has 8 heteroatoms. The molecule has 0 aliphatic heterocycles.